The smallest absolute Gasteiger partial charge is 0.191 e. The number of benzene rings is 4. The van der Waals surface area contributed by atoms with E-state index < -0.39 is 5.60 Å². The summed E-state index contributed by atoms with van der Waals surface area (Å²) in [5.74, 6) is 2.05. The van der Waals surface area contributed by atoms with Crippen LogP contribution in [0.25, 0.3) is 16.8 Å². The number of fused-ring (bicyclic) bond motifs is 3. The van der Waals surface area contributed by atoms with Crippen LogP contribution < -0.4 is 9.47 Å². The topological polar surface area (TPSA) is 18.5 Å². The van der Waals surface area contributed by atoms with Crippen molar-refractivity contribution in [3.05, 3.63) is 112 Å². The first-order chi connectivity index (χ1) is 15.5. The number of halogens is 1. The summed E-state index contributed by atoms with van der Waals surface area (Å²) in [5, 5.41) is 2.38. The number of hydrogen-bond donors (Lipinski definition) is 0. The molecule has 0 saturated heterocycles. The van der Waals surface area contributed by atoms with E-state index in [-0.39, 0.29) is 0 Å². The van der Waals surface area contributed by atoms with E-state index in [9.17, 15) is 0 Å². The summed E-state index contributed by atoms with van der Waals surface area (Å²) in [6.45, 7) is 4.45. The lowest BCUT2D eigenvalue weighted by molar-refractivity contribution is 0.156. The number of methoxy groups -OCH3 is 1. The molecule has 1 aliphatic rings. The van der Waals surface area contributed by atoms with Crippen LogP contribution in [0.2, 0.25) is 0 Å². The Hall–Kier alpha value is -3.04. The highest BCUT2D eigenvalue weighted by molar-refractivity contribution is 9.11. The van der Waals surface area contributed by atoms with Gasteiger partial charge in [-0.15, -0.1) is 0 Å². The van der Waals surface area contributed by atoms with Crippen molar-refractivity contribution in [2.45, 2.75) is 25.4 Å². The molecule has 0 N–H and O–H groups in total. The van der Waals surface area contributed by atoms with Crippen molar-refractivity contribution < 1.29 is 9.47 Å². The van der Waals surface area contributed by atoms with E-state index >= 15 is 0 Å². The summed E-state index contributed by atoms with van der Waals surface area (Å²) >= 11 is 3.96. The first-order valence-corrected chi connectivity index (χ1v) is 11.7. The lowest BCUT2D eigenvalue weighted by Gasteiger charge is -2.40. The maximum atomic E-state index is 7.02. The molecule has 4 aromatic rings. The lowest BCUT2D eigenvalue weighted by atomic mass is 9.79. The highest BCUT2D eigenvalue weighted by Gasteiger charge is 2.44. The Morgan fingerprint density at radius 3 is 2.31 bits per heavy atom. The summed E-state index contributed by atoms with van der Waals surface area (Å²) < 4.78 is 13.4. The van der Waals surface area contributed by atoms with Gasteiger partial charge in [-0.3, -0.25) is 0 Å². The SMILES string of the molecule is COc1ccc([C@@]2(c3ccccc3C(C)C)Oc3ccc4ccccc4c3C=C2Br)cc1. The van der Waals surface area contributed by atoms with Gasteiger partial charge in [0, 0.05) is 21.2 Å². The van der Waals surface area contributed by atoms with E-state index in [2.05, 4.69) is 109 Å². The Morgan fingerprint density at radius 1 is 0.844 bits per heavy atom. The zero-order chi connectivity index (χ0) is 22.3. The standard InChI is InChI=1S/C29H25BrO2/c1-19(2)23-9-6-7-11-26(23)29(21-13-15-22(31-3)16-14-21)28(30)18-25-24-10-5-4-8-20(24)12-17-27(25)32-29/h4-19H,1-3H3/t29-/m0/s1. The zero-order valence-corrected chi connectivity index (χ0v) is 20.0. The molecule has 0 radical (unpaired) electrons. The second-order valence-electron chi connectivity index (χ2n) is 8.44. The minimum absolute atomic E-state index is 0.350. The van der Waals surface area contributed by atoms with Crippen molar-refractivity contribution in [1.29, 1.82) is 0 Å². The average Bonchev–Trinajstić information content (AvgIpc) is 2.84. The van der Waals surface area contributed by atoms with Gasteiger partial charge in [0.05, 0.1) is 7.11 Å². The third kappa shape index (κ3) is 3.23. The number of rotatable bonds is 4. The fraction of sp³-hybridized carbons (Fsp3) is 0.172. The Balaban J connectivity index is 1.81. The maximum Gasteiger partial charge on any atom is 0.191 e. The van der Waals surface area contributed by atoms with Crippen molar-refractivity contribution in [2.24, 2.45) is 0 Å². The molecular weight excluding hydrogens is 460 g/mol. The van der Waals surface area contributed by atoms with Crippen LogP contribution in [-0.2, 0) is 5.60 Å². The van der Waals surface area contributed by atoms with Gasteiger partial charge in [0.2, 0.25) is 0 Å². The molecule has 1 heterocycles. The van der Waals surface area contributed by atoms with Crippen LogP contribution in [0.5, 0.6) is 11.5 Å². The van der Waals surface area contributed by atoms with Gasteiger partial charge >= 0.3 is 0 Å². The molecule has 32 heavy (non-hydrogen) atoms. The van der Waals surface area contributed by atoms with Gasteiger partial charge in [-0.05, 0) is 46.5 Å². The first-order valence-electron chi connectivity index (χ1n) is 10.9. The van der Waals surface area contributed by atoms with Gasteiger partial charge in [0.15, 0.2) is 5.60 Å². The minimum atomic E-state index is -0.789. The molecule has 4 aromatic carbocycles. The van der Waals surface area contributed by atoms with Crippen LogP contribution in [0, 0.1) is 0 Å². The van der Waals surface area contributed by atoms with Gasteiger partial charge in [0.1, 0.15) is 11.5 Å². The van der Waals surface area contributed by atoms with Gasteiger partial charge in [0.25, 0.3) is 0 Å². The Bertz CT molecular complexity index is 1320. The van der Waals surface area contributed by atoms with E-state index in [1.165, 1.54) is 16.3 Å². The predicted molar refractivity (Wildman–Crippen MR) is 136 cm³/mol. The largest absolute Gasteiger partial charge is 0.497 e. The quantitative estimate of drug-likeness (QED) is 0.291. The molecule has 0 fully saturated rings. The molecule has 3 heteroatoms. The minimum Gasteiger partial charge on any atom is -0.497 e. The Morgan fingerprint density at radius 2 is 1.56 bits per heavy atom. The van der Waals surface area contributed by atoms with E-state index in [4.69, 9.17) is 9.47 Å². The molecule has 160 valence electrons. The van der Waals surface area contributed by atoms with Gasteiger partial charge in [-0.1, -0.05) is 96.5 Å². The average molecular weight is 485 g/mol. The normalized spacial score (nSPS) is 17.6. The molecular formula is C29H25BrO2. The molecule has 0 aromatic heterocycles. The molecule has 0 aliphatic carbocycles. The fourth-order valence-corrected chi connectivity index (χ4v) is 5.39. The van der Waals surface area contributed by atoms with Crippen molar-refractivity contribution >= 4 is 32.8 Å². The number of hydrogen-bond acceptors (Lipinski definition) is 2. The molecule has 0 bridgehead atoms. The van der Waals surface area contributed by atoms with Crippen LogP contribution in [0.1, 0.15) is 42.0 Å². The van der Waals surface area contributed by atoms with E-state index in [0.29, 0.717) is 5.92 Å². The van der Waals surface area contributed by atoms with E-state index in [1.807, 2.05) is 12.1 Å². The predicted octanol–water partition coefficient (Wildman–Crippen LogP) is 8.04. The molecule has 0 unspecified atom stereocenters. The van der Waals surface area contributed by atoms with Crippen molar-refractivity contribution in [3.63, 3.8) is 0 Å². The Kier molecular flexibility index (Phi) is 5.30. The molecule has 2 nitrogen and oxygen atoms in total. The third-order valence-electron chi connectivity index (χ3n) is 6.26. The van der Waals surface area contributed by atoms with Gasteiger partial charge < -0.3 is 9.47 Å². The van der Waals surface area contributed by atoms with Crippen LogP contribution in [0.3, 0.4) is 0 Å². The summed E-state index contributed by atoms with van der Waals surface area (Å²) in [6, 6.07) is 29.4. The molecule has 1 atom stereocenters. The molecule has 5 rings (SSSR count). The first kappa shape index (κ1) is 20.8. The zero-order valence-electron chi connectivity index (χ0n) is 18.4. The summed E-state index contributed by atoms with van der Waals surface area (Å²) in [4.78, 5) is 0. The molecule has 0 spiro atoms. The van der Waals surface area contributed by atoms with E-state index in [1.54, 1.807) is 7.11 Å². The maximum absolute atomic E-state index is 7.02. The summed E-state index contributed by atoms with van der Waals surface area (Å²) in [7, 11) is 1.69. The van der Waals surface area contributed by atoms with Crippen LogP contribution in [0.15, 0.2) is 89.4 Å². The van der Waals surface area contributed by atoms with Gasteiger partial charge in [-0.2, -0.15) is 0 Å². The van der Waals surface area contributed by atoms with Crippen molar-refractivity contribution in [3.8, 4) is 11.5 Å². The van der Waals surface area contributed by atoms with Crippen molar-refractivity contribution in [2.75, 3.05) is 7.11 Å². The summed E-state index contributed by atoms with van der Waals surface area (Å²) in [6.07, 6.45) is 2.22. The van der Waals surface area contributed by atoms with Crippen LogP contribution in [-0.4, -0.2) is 7.11 Å². The highest BCUT2D eigenvalue weighted by Crippen LogP contribution is 2.51. The summed E-state index contributed by atoms with van der Waals surface area (Å²) in [5.41, 5.74) is 3.76. The van der Waals surface area contributed by atoms with Crippen LogP contribution >= 0.6 is 15.9 Å². The van der Waals surface area contributed by atoms with Gasteiger partial charge in [-0.25, -0.2) is 0 Å². The van der Waals surface area contributed by atoms with Crippen molar-refractivity contribution in [1.82, 2.24) is 0 Å². The molecule has 0 saturated carbocycles. The molecule has 1 aliphatic heterocycles. The Labute approximate surface area is 197 Å². The third-order valence-corrected chi connectivity index (χ3v) is 7.05. The fourth-order valence-electron chi connectivity index (χ4n) is 4.64. The second kappa shape index (κ2) is 8.14. The monoisotopic (exact) mass is 484 g/mol. The molecule has 0 amide bonds. The second-order valence-corrected chi connectivity index (χ2v) is 9.30. The lowest BCUT2D eigenvalue weighted by Crippen LogP contribution is -2.38. The number of ether oxygens (including phenoxy) is 2. The van der Waals surface area contributed by atoms with E-state index in [0.717, 1.165) is 32.7 Å². The van der Waals surface area contributed by atoms with Crippen LogP contribution in [0.4, 0.5) is 0 Å². The highest BCUT2D eigenvalue weighted by atomic mass is 79.9.